The van der Waals surface area contributed by atoms with Crippen LogP contribution in [0.15, 0.2) is 36.5 Å². The van der Waals surface area contributed by atoms with Crippen LogP contribution in [-0.2, 0) is 19.9 Å². The normalized spacial score (nSPS) is 14.8. The monoisotopic (exact) mass is 252 g/mol. The first-order valence-corrected chi connectivity index (χ1v) is 7.33. The summed E-state index contributed by atoms with van der Waals surface area (Å²) in [5.74, 6) is 0. The highest BCUT2D eigenvalue weighted by molar-refractivity contribution is 5.63. The van der Waals surface area contributed by atoms with Crippen LogP contribution in [0.5, 0.6) is 0 Å². The molecule has 0 bridgehead atoms. The summed E-state index contributed by atoms with van der Waals surface area (Å²) in [6.45, 7) is 2.24. The van der Waals surface area contributed by atoms with Crippen molar-refractivity contribution in [2.75, 3.05) is 0 Å². The molecule has 1 aliphatic rings. The number of benzene rings is 1. The Morgan fingerprint density at radius 1 is 0.947 bits per heavy atom. The lowest BCUT2D eigenvalue weighted by molar-refractivity contribution is -0.660. The Morgan fingerprint density at radius 2 is 1.68 bits per heavy atom. The van der Waals surface area contributed by atoms with Crippen LogP contribution >= 0.6 is 0 Å². The molecule has 1 aliphatic carbocycles. The summed E-state index contributed by atoms with van der Waals surface area (Å²) >= 11 is 0. The van der Waals surface area contributed by atoms with E-state index < -0.39 is 0 Å². The van der Waals surface area contributed by atoms with Crippen LogP contribution in [0.2, 0.25) is 0 Å². The molecule has 0 atom stereocenters. The highest BCUT2D eigenvalue weighted by atomic mass is 14.9. The number of aromatic nitrogens is 1. The lowest BCUT2D eigenvalue weighted by atomic mass is 9.94. The Kier molecular flexibility index (Phi) is 3.37. The summed E-state index contributed by atoms with van der Waals surface area (Å²) in [6, 6.07) is 11.3. The van der Waals surface area contributed by atoms with Gasteiger partial charge in [0.05, 0.1) is 0 Å². The average Bonchev–Trinajstić information content (AvgIpc) is 2.63. The number of hydrogen-bond acceptors (Lipinski definition) is 0. The summed E-state index contributed by atoms with van der Waals surface area (Å²) < 4.78 is 2.21. The molecule has 0 radical (unpaired) electrons. The van der Waals surface area contributed by atoms with E-state index in [-0.39, 0.29) is 0 Å². The van der Waals surface area contributed by atoms with Gasteiger partial charge in [-0.25, -0.2) is 4.57 Å². The zero-order valence-electron chi connectivity index (χ0n) is 11.9. The molecule has 0 N–H and O–H groups in total. The van der Waals surface area contributed by atoms with Crippen LogP contribution in [0.25, 0.3) is 11.3 Å². The number of nitrogens with zero attached hydrogens (tertiary/aromatic N) is 1. The van der Waals surface area contributed by atoms with Gasteiger partial charge in [-0.15, -0.1) is 0 Å². The lowest BCUT2D eigenvalue weighted by Gasteiger charge is -2.11. The number of hydrogen-bond donors (Lipinski definition) is 0. The molecule has 0 saturated heterocycles. The van der Waals surface area contributed by atoms with Crippen molar-refractivity contribution in [2.24, 2.45) is 7.05 Å². The molecule has 0 fully saturated rings. The molecule has 98 valence electrons. The van der Waals surface area contributed by atoms with Crippen molar-refractivity contribution in [3.8, 4) is 11.3 Å². The van der Waals surface area contributed by atoms with Crippen molar-refractivity contribution in [2.45, 2.75) is 39.0 Å². The van der Waals surface area contributed by atoms with E-state index in [1.54, 1.807) is 11.1 Å². The van der Waals surface area contributed by atoms with E-state index in [0.717, 1.165) is 0 Å². The summed E-state index contributed by atoms with van der Waals surface area (Å²) in [6.07, 6.45) is 8.71. The highest BCUT2D eigenvalue weighted by Crippen LogP contribution is 2.28. The largest absolute Gasteiger partial charge is 0.212 e. The molecule has 0 spiro atoms. The van der Waals surface area contributed by atoms with Gasteiger partial charge < -0.3 is 0 Å². The molecule has 19 heavy (non-hydrogen) atoms. The first-order valence-electron chi connectivity index (χ1n) is 7.33. The van der Waals surface area contributed by atoms with E-state index in [0.29, 0.717) is 0 Å². The third-order valence-corrected chi connectivity index (χ3v) is 4.27. The Morgan fingerprint density at radius 3 is 2.42 bits per heavy atom. The highest BCUT2D eigenvalue weighted by Gasteiger charge is 2.16. The second-order valence-electron chi connectivity index (χ2n) is 5.69. The van der Waals surface area contributed by atoms with Gasteiger partial charge in [0, 0.05) is 17.7 Å². The Bertz CT molecular complexity index is 599. The fourth-order valence-corrected chi connectivity index (χ4v) is 3.16. The molecule has 2 aromatic rings. The third kappa shape index (κ3) is 2.42. The summed E-state index contributed by atoms with van der Waals surface area (Å²) in [5.41, 5.74) is 7.26. The molecule has 0 unspecified atom stereocenters. The summed E-state index contributed by atoms with van der Waals surface area (Å²) in [5, 5.41) is 0. The smallest absolute Gasteiger partial charge is 0.201 e. The number of fused-ring (bicyclic) bond motifs is 1. The molecule has 1 aromatic heterocycles. The van der Waals surface area contributed by atoms with Crippen LogP contribution in [0.3, 0.4) is 0 Å². The molecule has 0 saturated carbocycles. The van der Waals surface area contributed by atoms with E-state index in [4.69, 9.17) is 0 Å². The Labute approximate surface area is 115 Å². The second kappa shape index (κ2) is 5.16. The minimum absolute atomic E-state index is 1.25. The predicted molar refractivity (Wildman–Crippen MR) is 79.1 cm³/mol. The molecule has 3 rings (SSSR count). The van der Waals surface area contributed by atoms with Crippen molar-refractivity contribution < 1.29 is 4.57 Å². The lowest BCUT2D eigenvalue weighted by Crippen LogP contribution is -2.30. The number of aryl methyl sites for hydroxylation is 4. The van der Waals surface area contributed by atoms with Gasteiger partial charge in [-0.2, -0.15) is 0 Å². The van der Waals surface area contributed by atoms with Gasteiger partial charge in [0.2, 0.25) is 5.69 Å². The minimum atomic E-state index is 1.25. The number of rotatable bonds is 1. The number of pyridine rings is 1. The molecule has 1 heteroatoms. The standard InChI is InChI=1S/C18H22N/c1-14-12-15-8-4-3-5-9-16(15)13-17(14)18-10-6-7-11-19(18)2/h6-7,10-13H,3-5,8-9H2,1-2H3/q+1. The van der Waals surface area contributed by atoms with Crippen molar-refractivity contribution in [1.82, 2.24) is 0 Å². The fourth-order valence-electron chi connectivity index (χ4n) is 3.16. The van der Waals surface area contributed by atoms with E-state index in [1.165, 1.54) is 48.9 Å². The van der Waals surface area contributed by atoms with E-state index in [1.807, 2.05) is 0 Å². The van der Waals surface area contributed by atoms with Crippen LogP contribution in [0, 0.1) is 6.92 Å². The molecule has 0 aliphatic heterocycles. The van der Waals surface area contributed by atoms with Gasteiger partial charge in [-0.3, -0.25) is 0 Å². The maximum absolute atomic E-state index is 2.44. The zero-order valence-corrected chi connectivity index (χ0v) is 11.9. The van der Waals surface area contributed by atoms with Crippen LogP contribution in [0.1, 0.15) is 36.0 Å². The van der Waals surface area contributed by atoms with Crippen molar-refractivity contribution >= 4 is 0 Å². The van der Waals surface area contributed by atoms with Crippen LogP contribution in [-0.4, -0.2) is 0 Å². The summed E-state index contributed by atoms with van der Waals surface area (Å²) in [7, 11) is 2.13. The van der Waals surface area contributed by atoms with E-state index >= 15 is 0 Å². The topological polar surface area (TPSA) is 3.88 Å². The van der Waals surface area contributed by atoms with Crippen LogP contribution < -0.4 is 4.57 Å². The maximum Gasteiger partial charge on any atom is 0.212 e. The van der Waals surface area contributed by atoms with Crippen molar-refractivity contribution in [3.05, 3.63) is 53.2 Å². The first kappa shape index (κ1) is 12.4. The predicted octanol–water partition coefficient (Wildman–Crippen LogP) is 3.76. The van der Waals surface area contributed by atoms with Gasteiger partial charge in [-0.05, 0) is 61.4 Å². The average molecular weight is 252 g/mol. The van der Waals surface area contributed by atoms with Gasteiger partial charge in [0.15, 0.2) is 6.20 Å². The first-order chi connectivity index (χ1) is 9.25. The van der Waals surface area contributed by atoms with Crippen LogP contribution in [0.4, 0.5) is 0 Å². The van der Waals surface area contributed by atoms with E-state index in [9.17, 15) is 0 Å². The minimum Gasteiger partial charge on any atom is -0.201 e. The summed E-state index contributed by atoms with van der Waals surface area (Å²) in [4.78, 5) is 0. The molecular formula is C18H22N+. The van der Waals surface area contributed by atoms with Gasteiger partial charge in [0.25, 0.3) is 0 Å². The Hall–Kier alpha value is -1.63. The van der Waals surface area contributed by atoms with Crippen molar-refractivity contribution in [1.29, 1.82) is 0 Å². The Balaban J connectivity index is 2.12. The molecular weight excluding hydrogens is 230 g/mol. The SMILES string of the molecule is Cc1cc2c(cc1-c1cccc[n+]1C)CCCCC2. The van der Waals surface area contributed by atoms with Gasteiger partial charge in [-0.1, -0.05) is 12.5 Å². The molecule has 1 aromatic carbocycles. The molecule has 0 amide bonds. The fraction of sp³-hybridized carbons (Fsp3) is 0.389. The van der Waals surface area contributed by atoms with Crippen molar-refractivity contribution in [3.63, 3.8) is 0 Å². The van der Waals surface area contributed by atoms with Gasteiger partial charge >= 0.3 is 0 Å². The third-order valence-electron chi connectivity index (χ3n) is 4.27. The quantitative estimate of drug-likeness (QED) is 0.537. The zero-order chi connectivity index (χ0) is 13.2. The molecule has 1 heterocycles. The maximum atomic E-state index is 2.44. The second-order valence-corrected chi connectivity index (χ2v) is 5.69. The van der Waals surface area contributed by atoms with Gasteiger partial charge in [0.1, 0.15) is 7.05 Å². The molecule has 1 nitrogen and oxygen atoms in total. The van der Waals surface area contributed by atoms with E-state index in [2.05, 4.69) is 55.1 Å².